The van der Waals surface area contributed by atoms with E-state index in [1.807, 2.05) is 31.4 Å². The van der Waals surface area contributed by atoms with Crippen LogP contribution in [0.15, 0.2) is 43.0 Å². The minimum absolute atomic E-state index is 0.151. The fourth-order valence-electron chi connectivity index (χ4n) is 4.09. The molecule has 0 saturated carbocycles. The normalized spacial score (nSPS) is 15.2. The average molecular weight is 449 g/mol. The lowest BCUT2D eigenvalue weighted by Gasteiger charge is -2.30. The summed E-state index contributed by atoms with van der Waals surface area (Å²) in [6.45, 7) is 1.75. The van der Waals surface area contributed by atoms with Crippen LogP contribution in [0.1, 0.15) is 29.4 Å². The Hall–Kier alpha value is -3.73. The van der Waals surface area contributed by atoms with E-state index in [2.05, 4.69) is 35.6 Å². The molecule has 1 aromatic carbocycles. The molecule has 1 amide bonds. The van der Waals surface area contributed by atoms with Crippen molar-refractivity contribution >= 4 is 22.8 Å². The van der Waals surface area contributed by atoms with E-state index in [-0.39, 0.29) is 24.4 Å². The maximum Gasteiger partial charge on any atom is 0.280 e. The van der Waals surface area contributed by atoms with E-state index >= 15 is 0 Å². The molecule has 4 heterocycles. The number of aryl methyl sites for hydroxylation is 1. The predicted molar refractivity (Wildman–Crippen MR) is 120 cm³/mol. The van der Waals surface area contributed by atoms with Gasteiger partial charge in [-0.25, -0.2) is 19.0 Å². The minimum atomic E-state index is -0.418. The maximum atomic E-state index is 12.7. The average Bonchev–Trinajstić information content (AvgIpc) is 3.49. The Labute approximate surface area is 189 Å². The van der Waals surface area contributed by atoms with Crippen molar-refractivity contribution in [3.63, 3.8) is 0 Å². The fraction of sp³-hybridized carbons (Fsp3) is 0.364. The number of carbonyl (C=O) groups is 1. The molecule has 1 fully saturated rings. The van der Waals surface area contributed by atoms with Crippen LogP contribution in [0.4, 0.5) is 10.3 Å². The summed E-state index contributed by atoms with van der Waals surface area (Å²) in [5.74, 6) is -0.219. The molecule has 3 aromatic heterocycles. The summed E-state index contributed by atoms with van der Waals surface area (Å²) in [5.41, 5.74) is 2.88. The summed E-state index contributed by atoms with van der Waals surface area (Å²) in [7, 11) is 1.87. The van der Waals surface area contributed by atoms with Crippen LogP contribution in [0.5, 0.6) is 0 Å². The smallest absolute Gasteiger partial charge is 0.280 e. The first kappa shape index (κ1) is 21.1. The van der Waals surface area contributed by atoms with Crippen molar-refractivity contribution in [2.75, 3.05) is 31.6 Å². The summed E-state index contributed by atoms with van der Waals surface area (Å²) >= 11 is 0. The highest BCUT2D eigenvalue weighted by molar-refractivity contribution is 6.02. The first-order valence-corrected chi connectivity index (χ1v) is 10.9. The highest BCUT2D eigenvalue weighted by Gasteiger charge is 2.22. The number of nitrogens with zero attached hydrogens (tertiary/aromatic N) is 8. The Morgan fingerprint density at radius 1 is 1.18 bits per heavy atom. The van der Waals surface area contributed by atoms with Crippen LogP contribution in [0.25, 0.3) is 22.0 Å². The Morgan fingerprint density at radius 3 is 2.79 bits per heavy atom. The van der Waals surface area contributed by atoms with Crippen LogP contribution < -0.4 is 5.32 Å². The van der Waals surface area contributed by atoms with E-state index in [0.29, 0.717) is 12.1 Å². The van der Waals surface area contributed by atoms with Crippen molar-refractivity contribution in [2.45, 2.75) is 18.9 Å². The molecule has 1 N–H and O–H groups in total. The van der Waals surface area contributed by atoms with Gasteiger partial charge in [0.25, 0.3) is 5.91 Å². The fourth-order valence-corrected chi connectivity index (χ4v) is 4.09. The quantitative estimate of drug-likeness (QED) is 0.482. The van der Waals surface area contributed by atoms with E-state index in [0.717, 1.165) is 42.4 Å². The molecular formula is C22H24FN9O. The molecule has 0 aliphatic carbocycles. The number of nitrogens with one attached hydrogen (secondary N) is 1. The monoisotopic (exact) mass is 449 g/mol. The third kappa shape index (κ3) is 4.58. The molecule has 5 rings (SSSR count). The first-order valence-electron chi connectivity index (χ1n) is 10.9. The second-order valence-electron chi connectivity index (χ2n) is 8.17. The molecule has 33 heavy (non-hydrogen) atoms. The maximum absolute atomic E-state index is 12.7. The van der Waals surface area contributed by atoms with Crippen molar-refractivity contribution in [1.29, 1.82) is 0 Å². The lowest BCUT2D eigenvalue weighted by Crippen LogP contribution is -2.36. The molecule has 1 aliphatic heterocycles. The number of aromatic nitrogens is 7. The standard InChI is InChI=1S/C22H24FN9O/c1-30-13-17(12-25-30)15-2-3-16-11-24-22(26-19(16)10-15)27-21(33)20-14-32(29-28-20)18-4-7-31(8-5-18)9-6-23/h2-3,10-14,18H,4-9H2,1H3,(H,24,26,27,33). The summed E-state index contributed by atoms with van der Waals surface area (Å²) < 4.78 is 16.0. The highest BCUT2D eigenvalue weighted by Crippen LogP contribution is 2.24. The molecule has 0 radical (unpaired) electrons. The predicted octanol–water partition coefficient (Wildman–Crippen LogP) is 2.48. The van der Waals surface area contributed by atoms with Crippen molar-refractivity contribution in [3.05, 3.63) is 48.7 Å². The number of anilines is 1. The Kier molecular flexibility index (Phi) is 5.78. The molecular weight excluding hydrogens is 425 g/mol. The molecule has 1 saturated heterocycles. The largest absolute Gasteiger partial charge is 0.301 e. The van der Waals surface area contributed by atoms with Gasteiger partial charge >= 0.3 is 0 Å². The molecule has 170 valence electrons. The van der Waals surface area contributed by atoms with E-state index in [1.165, 1.54) is 0 Å². The Bertz CT molecular complexity index is 1280. The van der Waals surface area contributed by atoms with Crippen LogP contribution in [-0.4, -0.2) is 71.9 Å². The topological polar surface area (TPSA) is 107 Å². The molecule has 10 nitrogen and oxygen atoms in total. The SMILES string of the molecule is Cn1cc(-c2ccc3cnc(NC(=O)c4cn(C5CCN(CCF)CC5)nn4)nc3c2)cn1. The first-order chi connectivity index (χ1) is 16.1. The van der Waals surface area contributed by atoms with E-state index < -0.39 is 5.91 Å². The second-order valence-corrected chi connectivity index (χ2v) is 8.17. The van der Waals surface area contributed by atoms with E-state index in [9.17, 15) is 9.18 Å². The number of benzene rings is 1. The lowest BCUT2D eigenvalue weighted by molar-refractivity contribution is 0.102. The second kappa shape index (κ2) is 9.02. The van der Waals surface area contributed by atoms with Crippen molar-refractivity contribution in [3.8, 4) is 11.1 Å². The number of carbonyl (C=O) groups excluding carboxylic acids is 1. The van der Waals surface area contributed by atoms with Crippen LogP contribution in [0.2, 0.25) is 0 Å². The third-order valence-electron chi connectivity index (χ3n) is 5.92. The molecule has 0 atom stereocenters. The number of hydrogen-bond donors (Lipinski definition) is 1. The van der Waals surface area contributed by atoms with Gasteiger partial charge in [-0.3, -0.25) is 14.8 Å². The molecule has 4 aromatic rings. The lowest BCUT2D eigenvalue weighted by atomic mass is 10.1. The van der Waals surface area contributed by atoms with Gasteiger partial charge in [0.1, 0.15) is 6.67 Å². The van der Waals surface area contributed by atoms with Crippen molar-refractivity contribution < 1.29 is 9.18 Å². The Morgan fingerprint density at radius 2 is 2.03 bits per heavy atom. The van der Waals surface area contributed by atoms with Crippen molar-refractivity contribution in [1.82, 2.24) is 39.6 Å². The zero-order valence-electron chi connectivity index (χ0n) is 18.2. The van der Waals surface area contributed by atoms with Gasteiger partial charge in [-0.15, -0.1) is 5.10 Å². The number of amides is 1. The molecule has 1 aliphatic rings. The number of hydrogen-bond acceptors (Lipinski definition) is 7. The van der Waals surface area contributed by atoms with Crippen LogP contribution in [0, 0.1) is 0 Å². The van der Waals surface area contributed by atoms with Crippen LogP contribution in [0.3, 0.4) is 0 Å². The zero-order valence-corrected chi connectivity index (χ0v) is 18.2. The minimum Gasteiger partial charge on any atom is -0.301 e. The number of halogens is 1. The van der Waals surface area contributed by atoms with E-state index in [4.69, 9.17) is 0 Å². The zero-order chi connectivity index (χ0) is 22.8. The van der Waals surface area contributed by atoms with Gasteiger partial charge in [-0.05, 0) is 24.5 Å². The summed E-state index contributed by atoms with van der Waals surface area (Å²) in [5, 5.41) is 15.9. The summed E-state index contributed by atoms with van der Waals surface area (Å²) in [4.78, 5) is 23.5. The van der Waals surface area contributed by atoms with Crippen LogP contribution in [-0.2, 0) is 7.05 Å². The summed E-state index contributed by atoms with van der Waals surface area (Å²) in [6.07, 6.45) is 8.73. The number of fused-ring (bicyclic) bond motifs is 1. The molecule has 0 bridgehead atoms. The van der Waals surface area contributed by atoms with Gasteiger partial charge < -0.3 is 4.90 Å². The highest BCUT2D eigenvalue weighted by atomic mass is 19.1. The van der Waals surface area contributed by atoms with E-state index in [1.54, 1.807) is 28.0 Å². The van der Waals surface area contributed by atoms with Gasteiger partial charge in [-0.2, -0.15) is 5.10 Å². The molecule has 11 heteroatoms. The van der Waals surface area contributed by atoms with Gasteiger partial charge in [0.2, 0.25) is 5.95 Å². The Balaban J connectivity index is 1.28. The number of rotatable bonds is 6. The summed E-state index contributed by atoms with van der Waals surface area (Å²) in [6, 6.07) is 6.02. The number of alkyl halides is 1. The molecule has 0 unspecified atom stereocenters. The van der Waals surface area contributed by atoms with Gasteiger partial charge in [-0.1, -0.05) is 17.3 Å². The van der Waals surface area contributed by atoms with Gasteiger partial charge in [0.15, 0.2) is 5.69 Å². The number of likely N-dealkylation sites (tertiary alicyclic amines) is 1. The number of piperidine rings is 1. The van der Waals surface area contributed by atoms with Crippen molar-refractivity contribution in [2.24, 2.45) is 7.05 Å². The third-order valence-corrected chi connectivity index (χ3v) is 5.92. The van der Waals surface area contributed by atoms with Gasteiger partial charge in [0.05, 0.1) is 24.0 Å². The van der Waals surface area contributed by atoms with Gasteiger partial charge in [0, 0.05) is 50.0 Å². The molecule has 0 spiro atoms. The van der Waals surface area contributed by atoms with Crippen LogP contribution >= 0.6 is 0 Å².